The minimum atomic E-state index is -0.247. The number of hydrogen-bond donors (Lipinski definition) is 0. The first-order valence-electron chi connectivity index (χ1n) is 10.3. The summed E-state index contributed by atoms with van der Waals surface area (Å²) in [5, 5.41) is 13.4. The van der Waals surface area contributed by atoms with E-state index in [2.05, 4.69) is 14.8 Å². The first kappa shape index (κ1) is 21.6. The van der Waals surface area contributed by atoms with E-state index < -0.39 is 0 Å². The number of hydrogen-bond acceptors (Lipinski definition) is 6. The molecule has 0 aliphatic carbocycles. The van der Waals surface area contributed by atoms with E-state index in [1.165, 1.54) is 12.1 Å². The van der Waals surface area contributed by atoms with Gasteiger partial charge in [0.1, 0.15) is 10.8 Å². The van der Waals surface area contributed by atoms with Gasteiger partial charge in [0.25, 0.3) is 0 Å². The molecule has 9 heteroatoms. The van der Waals surface area contributed by atoms with Crippen molar-refractivity contribution in [3.05, 3.63) is 70.4 Å². The monoisotopic (exact) mass is 486 g/mol. The standard InChI is InChI=1S/C23H20ClFN4OS2/c24-17-7-3-15(4-8-17)21-27-28-23(29(21)12-20-2-1-11-30-20)32-14-19-13-31-22(26-19)16-5-9-18(25)10-6-16/h3-10,13,20H,1-2,11-12,14H2. The lowest BCUT2D eigenvalue weighted by Crippen LogP contribution is -2.16. The predicted octanol–water partition coefficient (Wildman–Crippen LogP) is 6.33. The molecule has 0 amide bonds. The Morgan fingerprint density at radius 1 is 1.09 bits per heavy atom. The lowest BCUT2D eigenvalue weighted by molar-refractivity contribution is 0.0953. The van der Waals surface area contributed by atoms with Gasteiger partial charge in [0.2, 0.25) is 0 Å². The van der Waals surface area contributed by atoms with E-state index in [9.17, 15) is 4.39 Å². The van der Waals surface area contributed by atoms with Crippen LogP contribution in [0.2, 0.25) is 5.02 Å². The summed E-state index contributed by atoms with van der Waals surface area (Å²) >= 11 is 9.22. The van der Waals surface area contributed by atoms with Crippen molar-refractivity contribution in [2.24, 2.45) is 0 Å². The van der Waals surface area contributed by atoms with Crippen molar-refractivity contribution in [2.75, 3.05) is 6.61 Å². The van der Waals surface area contributed by atoms with E-state index in [4.69, 9.17) is 21.3 Å². The number of nitrogens with zero attached hydrogens (tertiary/aromatic N) is 4. The van der Waals surface area contributed by atoms with Crippen LogP contribution in [0.1, 0.15) is 18.5 Å². The molecule has 0 bridgehead atoms. The summed E-state index contributed by atoms with van der Waals surface area (Å²) < 4.78 is 21.2. The highest BCUT2D eigenvalue weighted by Crippen LogP contribution is 2.31. The summed E-state index contributed by atoms with van der Waals surface area (Å²) in [6.07, 6.45) is 2.28. The van der Waals surface area contributed by atoms with Crippen LogP contribution < -0.4 is 0 Å². The largest absolute Gasteiger partial charge is 0.376 e. The maximum absolute atomic E-state index is 13.2. The van der Waals surface area contributed by atoms with Crippen LogP contribution in [0.25, 0.3) is 22.0 Å². The van der Waals surface area contributed by atoms with Gasteiger partial charge in [0.05, 0.1) is 18.3 Å². The molecule has 1 fully saturated rings. The first-order valence-corrected chi connectivity index (χ1v) is 12.5. The average molecular weight is 487 g/mol. The Hall–Kier alpha value is -2.26. The molecule has 2 aromatic heterocycles. The minimum absolute atomic E-state index is 0.167. The van der Waals surface area contributed by atoms with Crippen molar-refractivity contribution in [2.45, 2.75) is 36.4 Å². The van der Waals surface area contributed by atoms with Gasteiger partial charge in [-0.3, -0.25) is 4.57 Å². The number of rotatable bonds is 7. The second-order valence-electron chi connectivity index (χ2n) is 7.50. The zero-order chi connectivity index (χ0) is 21.9. The van der Waals surface area contributed by atoms with Crippen LogP contribution in [0, 0.1) is 5.82 Å². The van der Waals surface area contributed by atoms with Crippen LogP contribution in [-0.4, -0.2) is 32.5 Å². The molecule has 5 nitrogen and oxygen atoms in total. The maximum atomic E-state index is 13.2. The van der Waals surface area contributed by atoms with Gasteiger partial charge in [-0.2, -0.15) is 0 Å². The fourth-order valence-corrected chi connectivity index (χ4v) is 5.50. The fraction of sp³-hybridized carbons (Fsp3) is 0.261. The van der Waals surface area contributed by atoms with Crippen molar-refractivity contribution in [3.8, 4) is 22.0 Å². The number of aromatic nitrogens is 4. The normalized spacial score (nSPS) is 16.0. The van der Waals surface area contributed by atoms with Crippen molar-refractivity contribution in [1.82, 2.24) is 19.7 Å². The third-order valence-corrected chi connectivity index (χ3v) is 7.41. The number of halogens is 2. The predicted molar refractivity (Wildman–Crippen MR) is 127 cm³/mol. The van der Waals surface area contributed by atoms with Crippen molar-refractivity contribution >= 4 is 34.7 Å². The lowest BCUT2D eigenvalue weighted by Gasteiger charge is -2.14. The van der Waals surface area contributed by atoms with Gasteiger partial charge in [0, 0.05) is 33.9 Å². The maximum Gasteiger partial charge on any atom is 0.191 e. The molecule has 4 aromatic rings. The number of ether oxygens (including phenoxy) is 1. The molecule has 0 N–H and O–H groups in total. The molecular formula is C23H20ClFN4OS2. The van der Waals surface area contributed by atoms with E-state index in [0.717, 1.165) is 52.3 Å². The summed E-state index contributed by atoms with van der Waals surface area (Å²) in [5.41, 5.74) is 2.84. The third-order valence-electron chi connectivity index (χ3n) is 5.22. The highest BCUT2D eigenvalue weighted by atomic mass is 35.5. The molecule has 164 valence electrons. The van der Waals surface area contributed by atoms with Crippen LogP contribution in [0.15, 0.2) is 59.1 Å². The van der Waals surface area contributed by atoms with Gasteiger partial charge in [-0.1, -0.05) is 23.4 Å². The molecule has 1 aliphatic heterocycles. The molecule has 0 saturated carbocycles. The Labute approximate surface area is 198 Å². The van der Waals surface area contributed by atoms with Crippen molar-refractivity contribution in [1.29, 1.82) is 0 Å². The Morgan fingerprint density at radius 3 is 2.62 bits per heavy atom. The number of thioether (sulfide) groups is 1. The second-order valence-corrected chi connectivity index (χ2v) is 9.74. The Balaban J connectivity index is 1.36. The zero-order valence-electron chi connectivity index (χ0n) is 17.1. The van der Waals surface area contributed by atoms with Gasteiger partial charge in [-0.15, -0.1) is 21.5 Å². The Bertz CT molecular complexity index is 1190. The van der Waals surface area contributed by atoms with Crippen LogP contribution >= 0.6 is 34.7 Å². The van der Waals surface area contributed by atoms with Crippen LogP contribution in [0.3, 0.4) is 0 Å². The molecule has 0 spiro atoms. The molecule has 5 rings (SSSR count). The molecule has 1 aliphatic rings. The van der Waals surface area contributed by atoms with Gasteiger partial charge in [-0.05, 0) is 61.4 Å². The minimum Gasteiger partial charge on any atom is -0.376 e. The van der Waals surface area contributed by atoms with Gasteiger partial charge in [0.15, 0.2) is 11.0 Å². The van der Waals surface area contributed by atoms with Crippen LogP contribution in [0.4, 0.5) is 4.39 Å². The molecule has 3 heterocycles. The highest BCUT2D eigenvalue weighted by molar-refractivity contribution is 7.98. The number of benzene rings is 2. The quantitative estimate of drug-likeness (QED) is 0.285. The van der Waals surface area contributed by atoms with E-state index in [0.29, 0.717) is 17.3 Å². The summed E-state index contributed by atoms with van der Waals surface area (Å²) in [6, 6.07) is 14.1. The van der Waals surface area contributed by atoms with Crippen LogP contribution in [0.5, 0.6) is 0 Å². The molecule has 1 saturated heterocycles. The fourth-order valence-electron chi connectivity index (χ4n) is 3.60. The second kappa shape index (κ2) is 9.70. The topological polar surface area (TPSA) is 52.8 Å². The van der Waals surface area contributed by atoms with Crippen molar-refractivity contribution in [3.63, 3.8) is 0 Å². The Kier molecular flexibility index (Phi) is 6.54. The summed E-state index contributed by atoms with van der Waals surface area (Å²) in [4.78, 5) is 4.71. The van der Waals surface area contributed by atoms with Gasteiger partial charge in [-0.25, -0.2) is 9.37 Å². The van der Waals surface area contributed by atoms with Crippen molar-refractivity contribution < 1.29 is 9.13 Å². The zero-order valence-corrected chi connectivity index (χ0v) is 19.5. The van der Waals surface area contributed by atoms with E-state index >= 15 is 0 Å². The summed E-state index contributed by atoms with van der Waals surface area (Å²) in [6.45, 7) is 1.52. The van der Waals surface area contributed by atoms with Gasteiger partial charge < -0.3 is 4.74 Å². The molecular weight excluding hydrogens is 467 g/mol. The molecule has 1 unspecified atom stereocenters. The van der Waals surface area contributed by atoms with E-state index in [1.807, 2.05) is 29.6 Å². The van der Waals surface area contributed by atoms with Gasteiger partial charge >= 0.3 is 0 Å². The first-order chi connectivity index (χ1) is 15.7. The van der Waals surface area contributed by atoms with Crippen LogP contribution in [-0.2, 0) is 17.0 Å². The lowest BCUT2D eigenvalue weighted by atomic mass is 10.2. The van der Waals surface area contributed by atoms with E-state index in [1.54, 1.807) is 35.2 Å². The average Bonchev–Trinajstić information content (AvgIpc) is 3.56. The number of thiazole rings is 1. The van der Waals surface area contributed by atoms with E-state index in [-0.39, 0.29) is 11.9 Å². The molecule has 0 radical (unpaired) electrons. The summed E-state index contributed by atoms with van der Waals surface area (Å²) in [5.74, 6) is 1.23. The molecule has 1 atom stereocenters. The highest BCUT2D eigenvalue weighted by Gasteiger charge is 2.22. The smallest absolute Gasteiger partial charge is 0.191 e. The molecule has 2 aromatic carbocycles. The molecule has 32 heavy (non-hydrogen) atoms. The third kappa shape index (κ3) is 4.88. The SMILES string of the molecule is Fc1ccc(-c2nc(CSc3nnc(-c4ccc(Cl)cc4)n3CC3CCCO3)cs2)cc1. The Morgan fingerprint density at radius 2 is 1.88 bits per heavy atom. The summed E-state index contributed by atoms with van der Waals surface area (Å²) in [7, 11) is 0.